The average molecular weight is 586 g/mol. The van der Waals surface area contributed by atoms with Gasteiger partial charge in [0, 0.05) is 42.0 Å². The van der Waals surface area contributed by atoms with Gasteiger partial charge in [0.15, 0.2) is 17.1 Å². The first-order valence-electron chi connectivity index (χ1n) is 13.6. The lowest BCUT2D eigenvalue weighted by molar-refractivity contribution is -0.153. The van der Waals surface area contributed by atoms with Gasteiger partial charge in [-0.3, -0.25) is 14.4 Å². The van der Waals surface area contributed by atoms with Crippen molar-refractivity contribution in [3.63, 3.8) is 0 Å². The molecule has 42 heavy (non-hydrogen) atoms. The number of hydrogen-bond acceptors (Lipinski definition) is 10. The maximum absolute atomic E-state index is 14.0. The molecule has 0 unspecified atom stereocenters. The van der Waals surface area contributed by atoms with E-state index in [0.717, 1.165) is 0 Å². The number of aromatic nitrogens is 1. The van der Waals surface area contributed by atoms with Crippen molar-refractivity contribution in [3.05, 3.63) is 51.9 Å². The lowest BCUT2D eigenvalue weighted by Gasteiger charge is -2.50. The van der Waals surface area contributed by atoms with Crippen LogP contribution in [0.1, 0.15) is 55.8 Å². The number of primary amides is 1. The topological polar surface area (TPSA) is 196 Å². The molecule has 1 amide bonds. The van der Waals surface area contributed by atoms with Crippen LogP contribution in [0.5, 0.6) is 5.75 Å². The minimum Gasteiger partial charge on any atom is -0.508 e. The Morgan fingerprint density at radius 2 is 1.88 bits per heavy atom. The molecular formula is C29H29F2N3O8. The summed E-state index contributed by atoms with van der Waals surface area (Å²) >= 11 is 0. The van der Waals surface area contributed by atoms with Crippen molar-refractivity contribution < 1.29 is 48.1 Å². The molecule has 1 aromatic heterocycles. The van der Waals surface area contributed by atoms with Gasteiger partial charge in [0.2, 0.25) is 5.78 Å². The number of aromatic hydroxyl groups is 1. The summed E-state index contributed by atoms with van der Waals surface area (Å²) in [5.74, 6) is -10.6. The summed E-state index contributed by atoms with van der Waals surface area (Å²) < 4.78 is 32.8. The quantitative estimate of drug-likeness (QED) is 0.284. The Hall–Kier alpha value is -4.10. The second kappa shape index (κ2) is 9.20. The highest BCUT2D eigenvalue weighted by molar-refractivity contribution is 6.24. The van der Waals surface area contributed by atoms with Crippen molar-refractivity contribution in [2.24, 2.45) is 17.6 Å². The summed E-state index contributed by atoms with van der Waals surface area (Å²) in [6.07, 6.45) is -1.33. The zero-order chi connectivity index (χ0) is 30.5. The fourth-order valence-corrected chi connectivity index (χ4v) is 6.82. The van der Waals surface area contributed by atoms with Crippen LogP contribution >= 0.6 is 0 Å². The van der Waals surface area contributed by atoms with Gasteiger partial charge in [-0.25, -0.2) is 8.78 Å². The largest absolute Gasteiger partial charge is 0.508 e. The fraction of sp³-hybridized carbons (Fsp3) is 0.448. The molecule has 1 aromatic carbocycles. The number of carbonyl (C=O) groups is 3. The number of aliphatic hydroxyl groups is 3. The van der Waals surface area contributed by atoms with Gasteiger partial charge in [-0.15, -0.1) is 0 Å². The zero-order valence-corrected chi connectivity index (χ0v) is 22.6. The third-order valence-corrected chi connectivity index (χ3v) is 8.97. The Kier molecular flexibility index (Phi) is 6.14. The number of amides is 1. The summed E-state index contributed by atoms with van der Waals surface area (Å²) in [5, 5.41) is 51.7. The van der Waals surface area contributed by atoms with Crippen molar-refractivity contribution in [2.45, 2.75) is 69.1 Å². The zero-order valence-electron chi connectivity index (χ0n) is 22.6. The first-order chi connectivity index (χ1) is 19.7. The molecule has 11 nitrogen and oxygen atoms in total. The Morgan fingerprint density at radius 1 is 1.19 bits per heavy atom. The van der Waals surface area contributed by atoms with E-state index in [1.54, 1.807) is 12.1 Å². The number of nitrogens with zero attached hydrogens (tertiary/aromatic N) is 1. The predicted octanol–water partition coefficient (Wildman–Crippen LogP) is 2.57. The van der Waals surface area contributed by atoms with E-state index in [1.807, 2.05) is 13.8 Å². The molecule has 2 fully saturated rings. The molecule has 13 heteroatoms. The Morgan fingerprint density at radius 3 is 2.48 bits per heavy atom. The van der Waals surface area contributed by atoms with E-state index >= 15 is 0 Å². The SMILES string of the molecule is CC(C)c1cc(-c2ccc(O)c3c2C[C@H]2C[C@H]4[C@@H](NC5CC(F)(F)C5)C(=O)C(C(N)=O)=C(O)[C@@]4(O)C(=O)C2=C3O)on1. The van der Waals surface area contributed by atoms with Crippen molar-refractivity contribution in [1.82, 2.24) is 10.5 Å². The molecule has 0 bridgehead atoms. The van der Waals surface area contributed by atoms with Gasteiger partial charge in [-0.2, -0.15) is 0 Å². The number of nitrogens with two attached hydrogens (primary N) is 1. The molecular weight excluding hydrogens is 556 g/mol. The van der Waals surface area contributed by atoms with Crippen LogP contribution < -0.4 is 11.1 Å². The van der Waals surface area contributed by atoms with Crippen molar-refractivity contribution in [1.29, 1.82) is 0 Å². The van der Waals surface area contributed by atoms with Gasteiger partial charge in [-0.1, -0.05) is 19.0 Å². The number of rotatable bonds is 5. The van der Waals surface area contributed by atoms with Gasteiger partial charge in [0.25, 0.3) is 11.8 Å². The van der Waals surface area contributed by atoms with E-state index < -0.39 is 82.8 Å². The van der Waals surface area contributed by atoms with Crippen molar-refractivity contribution >= 4 is 23.2 Å². The number of nitrogens with one attached hydrogen (secondary N) is 1. The van der Waals surface area contributed by atoms with Gasteiger partial charge in [0.1, 0.15) is 22.8 Å². The standard InChI is InChI=1S/C29H29F2N3O8/c1-10(2)16-7-18(42-34-16)13-3-4-17(35)20-14(13)5-11-6-15-22(33-12-8-28(30,31)9-12)24(37)21(27(32)40)26(39)29(15,41)25(38)19(11)23(20)36/h3-4,7,10-12,15,22,33,35-36,39,41H,5-6,8-9H2,1-2H3,(H2,32,40)/t11-,15-,22+,29-/m0/s1. The molecule has 0 spiro atoms. The number of phenolic OH excluding ortho intramolecular Hbond substituents is 1. The third-order valence-electron chi connectivity index (χ3n) is 8.97. The first kappa shape index (κ1) is 28.0. The molecule has 0 saturated heterocycles. The van der Waals surface area contributed by atoms with E-state index in [0.29, 0.717) is 22.6 Å². The summed E-state index contributed by atoms with van der Waals surface area (Å²) in [4.78, 5) is 39.6. The number of ketones is 2. The van der Waals surface area contributed by atoms with Crippen LogP contribution in [0.15, 0.2) is 39.6 Å². The summed E-state index contributed by atoms with van der Waals surface area (Å²) in [6, 6.07) is 2.25. The van der Waals surface area contributed by atoms with Crippen molar-refractivity contribution in [3.8, 4) is 17.1 Å². The minimum atomic E-state index is -2.96. The van der Waals surface area contributed by atoms with Crippen LogP contribution in [-0.2, 0) is 20.8 Å². The fourth-order valence-electron chi connectivity index (χ4n) is 6.82. The monoisotopic (exact) mass is 585 g/mol. The van der Waals surface area contributed by atoms with Crippen LogP contribution in [0, 0.1) is 11.8 Å². The number of hydrogen-bond donors (Lipinski definition) is 6. The van der Waals surface area contributed by atoms with Crippen LogP contribution in [0.2, 0.25) is 0 Å². The van der Waals surface area contributed by atoms with E-state index in [2.05, 4.69) is 10.5 Å². The van der Waals surface area contributed by atoms with Crippen LogP contribution in [-0.4, -0.2) is 66.7 Å². The Labute approximate surface area is 237 Å². The first-order valence-corrected chi connectivity index (χ1v) is 13.6. The Bertz CT molecular complexity index is 1620. The summed E-state index contributed by atoms with van der Waals surface area (Å²) in [6.45, 7) is 3.86. The molecule has 4 aliphatic carbocycles. The van der Waals surface area contributed by atoms with Gasteiger partial charge < -0.3 is 36.0 Å². The van der Waals surface area contributed by atoms with Gasteiger partial charge >= 0.3 is 0 Å². The van der Waals surface area contributed by atoms with Crippen LogP contribution in [0.25, 0.3) is 17.1 Å². The van der Waals surface area contributed by atoms with Crippen LogP contribution in [0.4, 0.5) is 8.78 Å². The highest BCUT2D eigenvalue weighted by Gasteiger charge is 2.64. The smallest absolute Gasteiger partial charge is 0.255 e. The maximum atomic E-state index is 14.0. The number of phenols is 1. The lowest BCUT2D eigenvalue weighted by atomic mass is 9.57. The molecule has 7 N–H and O–H groups in total. The number of aliphatic hydroxyl groups excluding tert-OH is 2. The number of benzene rings is 1. The maximum Gasteiger partial charge on any atom is 0.255 e. The van der Waals surface area contributed by atoms with Crippen LogP contribution in [0.3, 0.4) is 0 Å². The second-order valence-corrected chi connectivity index (χ2v) is 11.9. The summed E-state index contributed by atoms with van der Waals surface area (Å²) in [5.41, 5.74) is 2.65. The van der Waals surface area contributed by atoms with E-state index in [4.69, 9.17) is 10.3 Å². The van der Waals surface area contributed by atoms with Crippen molar-refractivity contribution in [2.75, 3.05) is 0 Å². The number of alkyl halides is 2. The molecule has 4 atom stereocenters. The number of Topliss-reactive ketones (excluding diaryl/α,β-unsaturated/α-hetero) is 2. The number of carbonyl (C=O) groups excluding carboxylic acids is 3. The normalized spacial score (nSPS) is 28.9. The second-order valence-electron chi connectivity index (χ2n) is 11.9. The van der Waals surface area contributed by atoms with Gasteiger partial charge in [-0.05, 0) is 42.4 Å². The molecule has 0 radical (unpaired) electrons. The molecule has 1 heterocycles. The highest BCUT2D eigenvalue weighted by atomic mass is 19.3. The number of halogens is 2. The van der Waals surface area contributed by atoms with E-state index in [1.165, 1.54) is 6.07 Å². The Balaban J connectivity index is 1.48. The molecule has 0 aliphatic heterocycles. The molecule has 2 aromatic rings. The molecule has 2 saturated carbocycles. The summed E-state index contributed by atoms with van der Waals surface area (Å²) in [7, 11) is 0. The number of fused-ring (bicyclic) bond motifs is 3. The van der Waals surface area contributed by atoms with Gasteiger partial charge in [0.05, 0.1) is 17.3 Å². The average Bonchev–Trinajstić information content (AvgIpc) is 3.38. The molecule has 4 aliphatic rings. The molecule has 6 rings (SSSR count). The lowest BCUT2D eigenvalue weighted by Crippen LogP contribution is -2.68. The predicted molar refractivity (Wildman–Crippen MR) is 141 cm³/mol. The van der Waals surface area contributed by atoms with E-state index in [9.17, 15) is 43.6 Å². The molecule has 222 valence electrons. The minimum absolute atomic E-state index is 0.0457. The third kappa shape index (κ3) is 3.90. The highest BCUT2D eigenvalue weighted by Crippen LogP contribution is 2.53. The van der Waals surface area contributed by atoms with E-state index in [-0.39, 0.29) is 35.6 Å².